The highest BCUT2D eigenvalue weighted by Gasteiger charge is 2.22. The second-order valence-corrected chi connectivity index (χ2v) is 6.55. The molecule has 1 amide bonds. The number of aryl methyl sites for hydroxylation is 2. The maximum Gasteiger partial charge on any atom is 0.262 e. The fraction of sp³-hybridized carbons (Fsp3) is 0.176. The number of nitrogens with one attached hydrogen (secondary N) is 1. The summed E-state index contributed by atoms with van der Waals surface area (Å²) < 4.78 is 15.0. The molecular weight excluding hydrogens is 313 g/mol. The molecular formula is C17H16FN3OS. The first-order valence-electron chi connectivity index (χ1n) is 7.14. The zero-order valence-corrected chi connectivity index (χ0v) is 13.6. The van der Waals surface area contributed by atoms with E-state index >= 15 is 0 Å². The smallest absolute Gasteiger partial charge is 0.262 e. The van der Waals surface area contributed by atoms with Crippen LogP contribution in [0, 0.1) is 12.7 Å². The minimum atomic E-state index is -0.439. The molecule has 4 nitrogen and oxygen atoms in total. The number of hydrogen-bond donors (Lipinski definition) is 1. The number of thiophene rings is 1. The van der Waals surface area contributed by atoms with E-state index in [2.05, 4.69) is 10.3 Å². The Morgan fingerprint density at radius 3 is 2.57 bits per heavy atom. The molecule has 0 aliphatic carbocycles. The van der Waals surface area contributed by atoms with E-state index in [1.54, 1.807) is 24.4 Å². The monoisotopic (exact) mass is 329 g/mol. The lowest BCUT2D eigenvalue weighted by atomic mass is 10.1. The van der Waals surface area contributed by atoms with Gasteiger partial charge in [0, 0.05) is 24.3 Å². The summed E-state index contributed by atoms with van der Waals surface area (Å²) in [6, 6.07) is 9.36. The molecule has 3 rings (SSSR count). The van der Waals surface area contributed by atoms with Gasteiger partial charge >= 0.3 is 0 Å². The normalized spacial score (nSPS) is 12.1. The lowest BCUT2D eigenvalue weighted by Crippen LogP contribution is -2.30. The molecule has 1 aromatic carbocycles. The standard InChI is InChI=1S/C17H16FN3OS/c1-11-3-8-14(23-11)17(22)20-15(16-19-9-10-21(16)2)12-4-6-13(18)7-5-12/h3-10,15H,1-2H3,(H,20,22). The highest BCUT2D eigenvalue weighted by atomic mass is 32.1. The van der Waals surface area contributed by atoms with Crippen LogP contribution >= 0.6 is 11.3 Å². The number of carbonyl (C=O) groups is 1. The molecule has 0 aliphatic heterocycles. The SMILES string of the molecule is Cc1ccc(C(=O)NC(c2ccc(F)cc2)c2nccn2C)s1. The van der Waals surface area contributed by atoms with Crippen LogP contribution in [0.3, 0.4) is 0 Å². The molecule has 0 saturated carbocycles. The van der Waals surface area contributed by atoms with Crippen LogP contribution < -0.4 is 5.32 Å². The van der Waals surface area contributed by atoms with Gasteiger partial charge < -0.3 is 9.88 Å². The quantitative estimate of drug-likeness (QED) is 0.797. The molecule has 23 heavy (non-hydrogen) atoms. The summed E-state index contributed by atoms with van der Waals surface area (Å²) >= 11 is 1.44. The maximum atomic E-state index is 13.2. The first kappa shape index (κ1) is 15.4. The molecule has 1 unspecified atom stereocenters. The van der Waals surface area contributed by atoms with Crippen LogP contribution in [0.1, 0.15) is 32.0 Å². The minimum absolute atomic E-state index is 0.166. The summed E-state index contributed by atoms with van der Waals surface area (Å²) in [6.45, 7) is 1.96. The van der Waals surface area contributed by atoms with E-state index in [1.807, 2.05) is 30.8 Å². The third kappa shape index (κ3) is 3.32. The molecule has 2 aromatic heterocycles. The van der Waals surface area contributed by atoms with Crippen molar-refractivity contribution in [3.8, 4) is 0 Å². The van der Waals surface area contributed by atoms with Crippen LogP contribution in [0.15, 0.2) is 48.8 Å². The predicted molar refractivity (Wildman–Crippen MR) is 88.0 cm³/mol. The van der Waals surface area contributed by atoms with Crippen molar-refractivity contribution < 1.29 is 9.18 Å². The fourth-order valence-corrected chi connectivity index (χ4v) is 3.14. The summed E-state index contributed by atoms with van der Waals surface area (Å²) in [5.74, 6) is 0.214. The van der Waals surface area contributed by atoms with Crippen LogP contribution in [-0.4, -0.2) is 15.5 Å². The van der Waals surface area contributed by atoms with Gasteiger partial charge in [0.25, 0.3) is 5.91 Å². The number of carbonyl (C=O) groups excluding carboxylic acids is 1. The second kappa shape index (κ2) is 6.34. The average Bonchev–Trinajstić information content (AvgIpc) is 3.14. The topological polar surface area (TPSA) is 46.9 Å². The van der Waals surface area contributed by atoms with Crippen molar-refractivity contribution in [2.45, 2.75) is 13.0 Å². The van der Waals surface area contributed by atoms with Gasteiger partial charge in [-0.1, -0.05) is 12.1 Å². The number of imidazole rings is 1. The Bertz CT molecular complexity index is 822. The first-order chi connectivity index (χ1) is 11.0. The third-order valence-electron chi connectivity index (χ3n) is 3.56. The van der Waals surface area contributed by atoms with E-state index in [-0.39, 0.29) is 11.7 Å². The van der Waals surface area contributed by atoms with Gasteiger partial charge in [0.05, 0.1) is 4.88 Å². The van der Waals surface area contributed by atoms with Crippen LogP contribution in [0.25, 0.3) is 0 Å². The van der Waals surface area contributed by atoms with Crippen molar-refractivity contribution >= 4 is 17.2 Å². The molecule has 1 atom stereocenters. The molecule has 0 saturated heterocycles. The van der Waals surface area contributed by atoms with Gasteiger partial charge in [-0.3, -0.25) is 4.79 Å². The number of benzene rings is 1. The first-order valence-corrected chi connectivity index (χ1v) is 7.96. The maximum absolute atomic E-state index is 13.2. The van der Waals surface area contributed by atoms with Gasteiger partial charge in [-0.15, -0.1) is 11.3 Å². The Hall–Kier alpha value is -2.47. The van der Waals surface area contributed by atoms with Gasteiger partial charge in [-0.25, -0.2) is 9.37 Å². The predicted octanol–water partition coefficient (Wildman–Crippen LogP) is 3.45. The number of amides is 1. The number of nitrogens with zero attached hydrogens (tertiary/aromatic N) is 2. The summed E-state index contributed by atoms with van der Waals surface area (Å²) in [4.78, 5) is 18.5. The third-order valence-corrected chi connectivity index (χ3v) is 4.56. The van der Waals surface area contributed by atoms with E-state index in [0.717, 1.165) is 10.4 Å². The lowest BCUT2D eigenvalue weighted by molar-refractivity contribution is 0.0945. The highest BCUT2D eigenvalue weighted by Crippen LogP contribution is 2.23. The fourth-order valence-electron chi connectivity index (χ4n) is 2.37. The summed E-state index contributed by atoms with van der Waals surface area (Å²) in [6.07, 6.45) is 3.49. The van der Waals surface area contributed by atoms with Gasteiger partial charge in [-0.05, 0) is 36.8 Å². The van der Waals surface area contributed by atoms with Crippen molar-refractivity contribution in [2.24, 2.45) is 7.05 Å². The van der Waals surface area contributed by atoms with Crippen molar-refractivity contribution in [2.75, 3.05) is 0 Å². The van der Waals surface area contributed by atoms with Gasteiger partial charge in [0.15, 0.2) is 0 Å². The van der Waals surface area contributed by atoms with E-state index in [1.165, 1.54) is 23.5 Å². The average molecular weight is 329 g/mol. The molecule has 0 bridgehead atoms. The lowest BCUT2D eigenvalue weighted by Gasteiger charge is -2.18. The summed E-state index contributed by atoms with van der Waals surface area (Å²) in [7, 11) is 1.86. The van der Waals surface area contributed by atoms with Crippen LogP contribution in [0.5, 0.6) is 0 Å². The molecule has 6 heteroatoms. The molecule has 3 aromatic rings. The molecule has 1 N–H and O–H groups in total. The van der Waals surface area contributed by atoms with Crippen LogP contribution in [0.2, 0.25) is 0 Å². The minimum Gasteiger partial charge on any atom is -0.337 e. The van der Waals surface area contributed by atoms with E-state index < -0.39 is 6.04 Å². The molecule has 2 heterocycles. The zero-order valence-electron chi connectivity index (χ0n) is 12.8. The molecule has 0 fully saturated rings. The van der Waals surface area contributed by atoms with Crippen molar-refractivity contribution in [1.29, 1.82) is 0 Å². The molecule has 0 spiro atoms. The Balaban J connectivity index is 1.94. The van der Waals surface area contributed by atoms with E-state index in [0.29, 0.717) is 10.7 Å². The van der Waals surface area contributed by atoms with Crippen molar-refractivity contribution in [1.82, 2.24) is 14.9 Å². The van der Waals surface area contributed by atoms with E-state index in [9.17, 15) is 9.18 Å². The number of aromatic nitrogens is 2. The van der Waals surface area contributed by atoms with Gasteiger partial charge in [-0.2, -0.15) is 0 Å². The van der Waals surface area contributed by atoms with Crippen molar-refractivity contribution in [3.05, 3.63) is 75.8 Å². The summed E-state index contributed by atoms with van der Waals surface area (Å²) in [5.41, 5.74) is 0.780. The summed E-state index contributed by atoms with van der Waals surface area (Å²) in [5, 5.41) is 2.99. The Kier molecular flexibility index (Phi) is 4.25. The number of halogens is 1. The van der Waals surface area contributed by atoms with Gasteiger partial charge in [0.2, 0.25) is 0 Å². The Morgan fingerprint density at radius 1 is 1.26 bits per heavy atom. The molecule has 0 radical (unpaired) electrons. The largest absolute Gasteiger partial charge is 0.337 e. The zero-order chi connectivity index (χ0) is 16.4. The van der Waals surface area contributed by atoms with E-state index in [4.69, 9.17) is 0 Å². The Labute approximate surface area is 137 Å². The van der Waals surface area contributed by atoms with Crippen LogP contribution in [-0.2, 0) is 7.05 Å². The molecule has 0 aliphatic rings. The Morgan fingerprint density at radius 2 is 2.00 bits per heavy atom. The number of rotatable bonds is 4. The van der Waals surface area contributed by atoms with Crippen LogP contribution in [0.4, 0.5) is 4.39 Å². The van der Waals surface area contributed by atoms with Crippen molar-refractivity contribution in [3.63, 3.8) is 0 Å². The molecule has 118 valence electrons. The number of hydrogen-bond acceptors (Lipinski definition) is 3. The van der Waals surface area contributed by atoms with Gasteiger partial charge in [0.1, 0.15) is 17.7 Å². The highest BCUT2D eigenvalue weighted by molar-refractivity contribution is 7.13. The second-order valence-electron chi connectivity index (χ2n) is 5.26.